The quantitative estimate of drug-likeness (QED) is 0.832. The Bertz CT molecular complexity index is 736. The number of carbonyl (C=O) groups is 1. The van der Waals surface area contributed by atoms with Crippen LogP contribution in [-0.2, 0) is 0 Å². The smallest absolute Gasteiger partial charge is 0.387 e. The van der Waals surface area contributed by atoms with Gasteiger partial charge in [0.1, 0.15) is 12.4 Å². The van der Waals surface area contributed by atoms with Gasteiger partial charge in [-0.15, -0.1) is 0 Å². The molecule has 5 nitrogen and oxygen atoms in total. The zero-order valence-corrected chi connectivity index (χ0v) is 13.5. The molecule has 0 bridgehead atoms. The Kier molecular flexibility index (Phi) is 5.02. The fraction of sp³-hybridized carbons (Fsp3) is 0.278. The Morgan fingerprint density at radius 3 is 2.56 bits per heavy atom. The van der Waals surface area contributed by atoms with Crippen molar-refractivity contribution in [2.45, 2.75) is 12.7 Å². The second kappa shape index (κ2) is 7.38. The van der Waals surface area contributed by atoms with E-state index in [-0.39, 0.29) is 17.8 Å². The normalized spacial score (nSPS) is 15.8. The van der Waals surface area contributed by atoms with Gasteiger partial charge in [-0.2, -0.15) is 8.78 Å². The Morgan fingerprint density at radius 1 is 1.20 bits per heavy atom. The molecule has 0 spiro atoms. The molecule has 0 unspecified atom stereocenters. The van der Waals surface area contributed by atoms with Crippen molar-refractivity contribution in [2.75, 3.05) is 20.2 Å². The van der Waals surface area contributed by atoms with Gasteiger partial charge in [0.2, 0.25) is 0 Å². The molecule has 0 N–H and O–H groups in total. The summed E-state index contributed by atoms with van der Waals surface area (Å²) in [6, 6.07) is 12.9. The van der Waals surface area contributed by atoms with Crippen LogP contribution in [-0.4, -0.2) is 43.7 Å². The molecule has 0 aliphatic carbocycles. The van der Waals surface area contributed by atoms with Crippen LogP contribution < -0.4 is 14.2 Å². The predicted molar refractivity (Wildman–Crippen MR) is 86.4 cm³/mol. The molecule has 0 fully saturated rings. The number of alkyl halides is 2. The number of carbonyl (C=O) groups excluding carboxylic acids is 1. The maximum atomic E-state index is 12.4. The highest BCUT2D eigenvalue weighted by Gasteiger charge is 2.24. The van der Waals surface area contributed by atoms with Crippen LogP contribution in [0.5, 0.6) is 17.2 Å². The zero-order chi connectivity index (χ0) is 17.8. The van der Waals surface area contributed by atoms with Crippen molar-refractivity contribution in [3.05, 3.63) is 54.1 Å². The van der Waals surface area contributed by atoms with E-state index >= 15 is 0 Å². The van der Waals surface area contributed by atoms with E-state index in [0.29, 0.717) is 30.2 Å². The number of halogens is 2. The first kappa shape index (κ1) is 17.0. The van der Waals surface area contributed by atoms with E-state index in [9.17, 15) is 13.6 Å². The van der Waals surface area contributed by atoms with Crippen LogP contribution in [0.15, 0.2) is 48.5 Å². The summed E-state index contributed by atoms with van der Waals surface area (Å²) < 4.78 is 40.0. The molecule has 2 aromatic rings. The van der Waals surface area contributed by atoms with Gasteiger partial charge in [0, 0.05) is 12.6 Å². The van der Waals surface area contributed by atoms with E-state index in [0.717, 1.165) is 0 Å². The van der Waals surface area contributed by atoms with Crippen LogP contribution in [0.2, 0.25) is 0 Å². The van der Waals surface area contributed by atoms with Gasteiger partial charge in [-0.05, 0) is 36.4 Å². The lowest BCUT2D eigenvalue weighted by Gasteiger charge is -2.29. The minimum absolute atomic E-state index is 0.00910. The highest BCUT2D eigenvalue weighted by atomic mass is 19.3. The van der Waals surface area contributed by atoms with Crippen molar-refractivity contribution in [2.24, 2.45) is 0 Å². The van der Waals surface area contributed by atoms with E-state index in [2.05, 4.69) is 4.74 Å². The lowest BCUT2D eigenvalue weighted by Crippen LogP contribution is -2.41. The summed E-state index contributed by atoms with van der Waals surface area (Å²) in [4.78, 5) is 13.9. The fourth-order valence-electron chi connectivity index (χ4n) is 2.54. The Hall–Kier alpha value is -2.83. The van der Waals surface area contributed by atoms with Crippen LogP contribution in [0.1, 0.15) is 10.4 Å². The van der Waals surface area contributed by atoms with Gasteiger partial charge in [-0.1, -0.05) is 12.1 Å². The number of fused-ring (bicyclic) bond motifs is 1. The molecule has 0 radical (unpaired) electrons. The number of likely N-dealkylation sites (N-methyl/N-ethyl adjacent to an activating group) is 1. The fourth-order valence-corrected chi connectivity index (χ4v) is 2.54. The second-order valence-electron chi connectivity index (χ2n) is 5.59. The molecule has 0 saturated carbocycles. The molecule has 1 atom stereocenters. The van der Waals surface area contributed by atoms with Gasteiger partial charge in [0.15, 0.2) is 17.6 Å². The molecule has 7 heteroatoms. The van der Waals surface area contributed by atoms with Crippen molar-refractivity contribution >= 4 is 5.91 Å². The van der Waals surface area contributed by atoms with Crippen LogP contribution in [0.3, 0.4) is 0 Å². The number of hydrogen-bond acceptors (Lipinski definition) is 4. The average Bonchev–Trinajstić information content (AvgIpc) is 2.61. The molecule has 0 aromatic heterocycles. The molecule has 132 valence electrons. The van der Waals surface area contributed by atoms with E-state index < -0.39 is 6.61 Å². The van der Waals surface area contributed by atoms with Gasteiger partial charge in [0.25, 0.3) is 5.91 Å². The SMILES string of the molecule is CN(C[C@@H]1COc2ccccc2O1)C(=O)c1ccc(OC(F)F)cc1. The molecule has 1 aliphatic heterocycles. The van der Waals surface area contributed by atoms with Crippen molar-refractivity contribution in [1.82, 2.24) is 4.90 Å². The number of rotatable bonds is 5. The number of nitrogens with zero attached hydrogens (tertiary/aromatic N) is 1. The lowest BCUT2D eigenvalue weighted by atomic mass is 10.2. The molecular weight excluding hydrogens is 332 g/mol. The summed E-state index contributed by atoms with van der Waals surface area (Å²) in [7, 11) is 1.65. The van der Waals surface area contributed by atoms with E-state index in [1.807, 2.05) is 24.3 Å². The Morgan fingerprint density at radius 2 is 1.88 bits per heavy atom. The highest BCUT2D eigenvalue weighted by molar-refractivity contribution is 5.94. The molecular formula is C18H17F2NO4. The van der Waals surface area contributed by atoms with Gasteiger partial charge >= 0.3 is 6.61 Å². The standard InChI is InChI=1S/C18H17F2NO4/c1-21(10-14-11-23-15-4-2-3-5-16(15)24-14)17(22)12-6-8-13(9-7-12)25-18(19)20/h2-9,14,18H,10-11H2,1H3/t14-/m1/s1. The number of amides is 1. The summed E-state index contributed by atoms with van der Waals surface area (Å²) in [5.41, 5.74) is 0.376. The zero-order valence-electron chi connectivity index (χ0n) is 13.5. The van der Waals surface area contributed by atoms with E-state index in [4.69, 9.17) is 9.47 Å². The summed E-state index contributed by atoms with van der Waals surface area (Å²) in [6.07, 6.45) is -0.287. The molecule has 3 rings (SSSR count). The molecule has 1 heterocycles. The first-order chi connectivity index (χ1) is 12.0. The van der Waals surface area contributed by atoms with E-state index in [1.54, 1.807) is 7.05 Å². The summed E-state index contributed by atoms with van der Waals surface area (Å²) in [5, 5.41) is 0. The van der Waals surface area contributed by atoms with Crippen molar-refractivity contribution < 1.29 is 27.8 Å². The third-order valence-corrected chi connectivity index (χ3v) is 3.72. The summed E-state index contributed by atoms with van der Waals surface area (Å²) in [6.45, 7) is -2.21. The second-order valence-corrected chi connectivity index (χ2v) is 5.59. The lowest BCUT2D eigenvalue weighted by molar-refractivity contribution is -0.0498. The van der Waals surface area contributed by atoms with Gasteiger partial charge < -0.3 is 19.1 Å². The Labute approximate surface area is 143 Å². The van der Waals surface area contributed by atoms with Crippen LogP contribution in [0.25, 0.3) is 0 Å². The van der Waals surface area contributed by atoms with Crippen molar-refractivity contribution in [3.8, 4) is 17.2 Å². The predicted octanol–water partition coefficient (Wildman–Crippen LogP) is 3.20. The average molecular weight is 349 g/mol. The maximum absolute atomic E-state index is 12.4. The third kappa shape index (κ3) is 4.17. The molecule has 1 amide bonds. The molecule has 1 aliphatic rings. The Balaban J connectivity index is 1.59. The number of hydrogen-bond donors (Lipinski definition) is 0. The van der Waals surface area contributed by atoms with Crippen molar-refractivity contribution in [1.29, 1.82) is 0 Å². The molecule has 25 heavy (non-hydrogen) atoms. The molecule has 2 aromatic carbocycles. The van der Waals surface area contributed by atoms with Gasteiger partial charge in [-0.25, -0.2) is 0 Å². The summed E-state index contributed by atoms with van der Waals surface area (Å²) in [5.74, 6) is 1.09. The van der Waals surface area contributed by atoms with Crippen LogP contribution >= 0.6 is 0 Å². The number of para-hydroxylation sites is 2. The minimum atomic E-state index is -2.89. The minimum Gasteiger partial charge on any atom is -0.486 e. The first-order valence-corrected chi connectivity index (χ1v) is 7.72. The number of ether oxygens (including phenoxy) is 3. The topological polar surface area (TPSA) is 48.0 Å². The third-order valence-electron chi connectivity index (χ3n) is 3.72. The highest BCUT2D eigenvalue weighted by Crippen LogP contribution is 2.31. The maximum Gasteiger partial charge on any atom is 0.387 e. The molecule has 0 saturated heterocycles. The van der Waals surface area contributed by atoms with E-state index in [1.165, 1.54) is 29.2 Å². The van der Waals surface area contributed by atoms with Gasteiger partial charge in [0.05, 0.1) is 6.54 Å². The van der Waals surface area contributed by atoms with Crippen molar-refractivity contribution in [3.63, 3.8) is 0 Å². The van der Waals surface area contributed by atoms with Crippen LogP contribution in [0, 0.1) is 0 Å². The van der Waals surface area contributed by atoms with Crippen LogP contribution in [0.4, 0.5) is 8.78 Å². The monoisotopic (exact) mass is 349 g/mol. The van der Waals surface area contributed by atoms with Gasteiger partial charge in [-0.3, -0.25) is 4.79 Å². The number of benzene rings is 2. The first-order valence-electron chi connectivity index (χ1n) is 7.72. The summed E-state index contributed by atoms with van der Waals surface area (Å²) >= 11 is 0. The largest absolute Gasteiger partial charge is 0.486 e.